The molecule has 1 aromatic carbocycles. The lowest BCUT2D eigenvalue weighted by Crippen LogP contribution is -2.37. The zero-order valence-corrected chi connectivity index (χ0v) is 16.6. The number of thiazole rings is 1. The van der Waals surface area contributed by atoms with E-state index in [1.54, 1.807) is 35.0 Å². The van der Waals surface area contributed by atoms with Crippen LogP contribution in [0.15, 0.2) is 34.0 Å². The van der Waals surface area contributed by atoms with Crippen LogP contribution in [-0.4, -0.2) is 48.8 Å². The van der Waals surface area contributed by atoms with Crippen LogP contribution in [0.1, 0.15) is 28.0 Å². The van der Waals surface area contributed by atoms with Crippen LogP contribution in [0.4, 0.5) is 0 Å². The molecule has 1 aliphatic heterocycles. The smallest absolute Gasteiger partial charge is 0.253 e. The second-order valence-electron chi connectivity index (χ2n) is 6.21. The number of amides is 1. The van der Waals surface area contributed by atoms with Crippen molar-refractivity contribution in [2.24, 2.45) is 0 Å². The van der Waals surface area contributed by atoms with Gasteiger partial charge in [-0.05, 0) is 31.0 Å². The summed E-state index contributed by atoms with van der Waals surface area (Å²) in [5.74, 6) is 0.911. The van der Waals surface area contributed by atoms with Crippen molar-refractivity contribution in [3.8, 4) is 0 Å². The highest BCUT2D eigenvalue weighted by molar-refractivity contribution is 8.00. The molecular weight excluding hydrogens is 376 g/mol. The van der Waals surface area contributed by atoms with Gasteiger partial charge in [0.05, 0.1) is 11.5 Å². The molecule has 1 aliphatic rings. The molecule has 134 valence electrons. The first-order valence-electron chi connectivity index (χ1n) is 7.95. The van der Waals surface area contributed by atoms with Gasteiger partial charge in [0.15, 0.2) is 9.84 Å². The molecule has 8 heteroatoms. The largest absolute Gasteiger partial charge is 0.338 e. The summed E-state index contributed by atoms with van der Waals surface area (Å²) in [4.78, 5) is 18.5. The van der Waals surface area contributed by atoms with Crippen LogP contribution >= 0.6 is 23.1 Å². The Morgan fingerprint density at radius 1 is 1.36 bits per heavy atom. The van der Waals surface area contributed by atoms with Crippen molar-refractivity contribution in [1.29, 1.82) is 0 Å². The molecule has 0 N–H and O–H groups in total. The maximum atomic E-state index is 12.6. The molecule has 1 atom stereocenters. The number of hydrogen-bond acceptors (Lipinski definition) is 6. The fourth-order valence-electron chi connectivity index (χ4n) is 2.74. The van der Waals surface area contributed by atoms with E-state index in [1.165, 1.54) is 0 Å². The number of sulfone groups is 1. The van der Waals surface area contributed by atoms with E-state index in [2.05, 4.69) is 4.98 Å². The molecule has 1 fully saturated rings. The summed E-state index contributed by atoms with van der Waals surface area (Å²) in [5.41, 5.74) is 2.75. The molecule has 0 bridgehead atoms. The highest BCUT2D eigenvalue weighted by Crippen LogP contribution is 2.26. The highest BCUT2D eigenvalue weighted by atomic mass is 32.2. The molecule has 5 nitrogen and oxygen atoms in total. The SMILES string of the molecule is Cc1csc(SCc2ccc(C(=O)N(C)[C@H]3CCS(=O)(=O)C3)cc2)n1. The number of benzene rings is 1. The normalized spacial score (nSPS) is 19.0. The minimum atomic E-state index is -3.00. The molecule has 0 spiro atoms. The molecule has 0 aliphatic carbocycles. The van der Waals surface area contributed by atoms with Gasteiger partial charge in [0.25, 0.3) is 5.91 Å². The van der Waals surface area contributed by atoms with Crippen LogP contribution in [0.3, 0.4) is 0 Å². The number of carbonyl (C=O) groups is 1. The Morgan fingerprint density at radius 3 is 2.64 bits per heavy atom. The van der Waals surface area contributed by atoms with Crippen molar-refractivity contribution in [2.45, 2.75) is 29.5 Å². The van der Waals surface area contributed by atoms with Gasteiger partial charge in [0.2, 0.25) is 0 Å². The monoisotopic (exact) mass is 396 g/mol. The second-order valence-corrected chi connectivity index (χ2v) is 10.5. The van der Waals surface area contributed by atoms with Crippen LogP contribution in [-0.2, 0) is 15.6 Å². The predicted molar refractivity (Wildman–Crippen MR) is 102 cm³/mol. The van der Waals surface area contributed by atoms with Crippen molar-refractivity contribution in [1.82, 2.24) is 9.88 Å². The summed E-state index contributed by atoms with van der Waals surface area (Å²) >= 11 is 3.32. The predicted octanol–water partition coefficient (Wildman–Crippen LogP) is 3.00. The van der Waals surface area contributed by atoms with Crippen molar-refractivity contribution < 1.29 is 13.2 Å². The molecule has 0 unspecified atom stereocenters. The number of nitrogens with zero attached hydrogens (tertiary/aromatic N) is 2. The summed E-state index contributed by atoms with van der Waals surface area (Å²) in [6.45, 7) is 1.98. The number of aryl methyl sites for hydroxylation is 1. The lowest BCUT2D eigenvalue weighted by atomic mass is 10.1. The highest BCUT2D eigenvalue weighted by Gasteiger charge is 2.32. The average molecular weight is 397 g/mol. The van der Waals surface area contributed by atoms with Gasteiger partial charge in [-0.3, -0.25) is 4.79 Å². The van der Waals surface area contributed by atoms with Gasteiger partial charge >= 0.3 is 0 Å². The third kappa shape index (κ3) is 4.62. The van der Waals surface area contributed by atoms with Gasteiger partial charge in [-0.2, -0.15) is 0 Å². The van der Waals surface area contributed by atoms with Gasteiger partial charge < -0.3 is 4.90 Å². The Bertz CT molecular complexity index is 860. The Hall–Kier alpha value is -1.38. The summed E-state index contributed by atoms with van der Waals surface area (Å²) in [6.07, 6.45) is 0.520. The Balaban J connectivity index is 1.60. The van der Waals surface area contributed by atoms with E-state index >= 15 is 0 Å². The third-order valence-corrected chi connectivity index (χ3v) is 8.20. The first-order valence-corrected chi connectivity index (χ1v) is 11.6. The number of carbonyl (C=O) groups excluding carboxylic acids is 1. The molecule has 1 aromatic heterocycles. The quantitative estimate of drug-likeness (QED) is 0.727. The molecule has 0 saturated carbocycles. The molecule has 2 aromatic rings. The zero-order valence-electron chi connectivity index (χ0n) is 14.1. The van der Waals surface area contributed by atoms with E-state index in [0.29, 0.717) is 12.0 Å². The second kappa shape index (κ2) is 7.47. The van der Waals surface area contributed by atoms with Crippen molar-refractivity contribution in [3.63, 3.8) is 0 Å². The summed E-state index contributed by atoms with van der Waals surface area (Å²) in [7, 11) is -1.31. The first kappa shape index (κ1) is 18.4. The number of hydrogen-bond donors (Lipinski definition) is 0. The van der Waals surface area contributed by atoms with Crippen molar-refractivity contribution in [3.05, 3.63) is 46.5 Å². The number of rotatable bonds is 5. The average Bonchev–Trinajstić information content (AvgIpc) is 3.17. The first-order chi connectivity index (χ1) is 11.8. The number of aromatic nitrogens is 1. The van der Waals surface area contributed by atoms with Crippen LogP contribution < -0.4 is 0 Å². The molecule has 3 rings (SSSR count). The van der Waals surface area contributed by atoms with Crippen LogP contribution in [0.25, 0.3) is 0 Å². The summed E-state index contributed by atoms with van der Waals surface area (Å²) in [5, 5.41) is 2.03. The number of thioether (sulfide) groups is 1. The molecule has 0 radical (unpaired) electrons. The summed E-state index contributed by atoms with van der Waals surface area (Å²) in [6, 6.07) is 7.29. The maximum absolute atomic E-state index is 12.6. The molecular formula is C17H20N2O3S3. The standard InChI is InChI=1S/C17H20N2O3S3/c1-12-9-23-17(18-12)24-10-13-3-5-14(6-4-13)16(20)19(2)15-7-8-25(21,22)11-15/h3-6,9,15H,7-8,10-11H2,1-2H3/t15-/m0/s1. The Morgan fingerprint density at radius 2 is 2.08 bits per heavy atom. The fraction of sp³-hybridized carbons (Fsp3) is 0.412. The van der Waals surface area contributed by atoms with Gasteiger partial charge in [-0.25, -0.2) is 13.4 Å². The lowest BCUT2D eigenvalue weighted by molar-refractivity contribution is 0.0747. The van der Waals surface area contributed by atoms with Crippen LogP contribution in [0, 0.1) is 6.92 Å². The minimum Gasteiger partial charge on any atom is -0.338 e. The molecule has 1 saturated heterocycles. The lowest BCUT2D eigenvalue weighted by Gasteiger charge is -2.23. The minimum absolute atomic E-state index is 0.0667. The molecule has 25 heavy (non-hydrogen) atoms. The summed E-state index contributed by atoms with van der Waals surface area (Å²) < 4.78 is 24.2. The van der Waals surface area contributed by atoms with E-state index in [4.69, 9.17) is 0 Å². The van der Waals surface area contributed by atoms with E-state index in [9.17, 15) is 13.2 Å². The van der Waals surface area contributed by atoms with E-state index in [-0.39, 0.29) is 23.5 Å². The Labute approximate surface area is 156 Å². The van der Waals surface area contributed by atoms with Gasteiger partial charge in [-0.1, -0.05) is 23.9 Å². The van der Waals surface area contributed by atoms with Crippen LogP contribution in [0.2, 0.25) is 0 Å². The molecule has 1 amide bonds. The van der Waals surface area contributed by atoms with Crippen molar-refractivity contribution >= 4 is 38.8 Å². The van der Waals surface area contributed by atoms with Gasteiger partial charge in [0.1, 0.15) is 4.34 Å². The van der Waals surface area contributed by atoms with E-state index < -0.39 is 9.84 Å². The topological polar surface area (TPSA) is 67.3 Å². The van der Waals surface area contributed by atoms with E-state index in [0.717, 1.165) is 21.3 Å². The molecule has 2 heterocycles. The fourth-order valence-corrected chi connectivity index (χ4v) is 6.32. The van der Waals surface area contributed by atoms with Crippen molar-refractivity contribution in [2.75, 3.05) is 18.6 Å². The van der Waals surface area contributed by atoms with E-state index in [1.807, 2.05) is 36.6 Å². The maximum Gasteiger partial charge on any atom is 0.253 e. The van der Waals surface area contributed by atoms with Gasteiger partial charge in [0, 0.05) is 35.5 Å². The van der Waals surface area contributed by atoms with Gasteiger partial charge in [-0.15, -0.1) is 11.3 Å². The zero-order chi connectivity index (χ0) is 18.0. The van der Waals surface area contributed by atoms with Crippen LogP contribution in [0.5, 0.6) is 0 Å². The third-order valence-electron chi connectivity index (χ3n) is 4.24. The Kier molecular flexibility index (Phi) is 5.50.